The molecule has 1 heterocycles. The second-order valence-corrected chi connectivity index (χ2v) is 6.78. The van der Waals surface area contributed by atoms with Crippen molar-refractivity contribution in [1.82, 2.24) is 10.2 Å². The third-order valence-corrected chi connectivity index (χ3v) is 4.37. The van der Waals surface area contributed by atoms with Gasteiger partial charge in [-0.3, -0.25) is 9.69 Å². The summed E-state index contributed by atoms with van der Waals surface area (Å²) in [5.74, 6) is 0.273. The lowest BCUT2D eigenvalue weighted by Crippen LogP contribution is -2.30. The minimum absolute atomic E-state index is 0.182. The molecule has 0 aromatic heterocycles. The average Bonchev–Trinajstić information content (AvgIpc) is 2.83. The molecule has 2 aromatic carbocycles. The number of methoxy groups -OCH3 is 1. The second kappa shape index (κ2) is 7.29. The van der Waals surface area contributed by atoms with E-state index in [0.29, 0.717) is 10.8 Å². The number of ether oxygens (including phenoxy) is 1. The number of carbonyl (C=O) groups excluding carboxylic acids is 2. The lowest BCUT2D eigenvalue weighted by Gasteiger charge is -2.11. The van der Waals surface area contributed by atoms with Crippen LogP contribution in [0.1, 0.15) is 11.1 Å². The van der Waals surface area contributed by atoms with Crippen molar-refractivity contribution in [3.8, 4) is 5.75 Å². The molecule has 1 N–H and O–H groups in total. The number of nitrogens with zero attached hydrogens (tertiary/aromatic N) is 1. The topological polar surface area (TPSA) is 58.6 Å². The molecule has 1 fully saturated rings. The zero-order valence-electron chi connectivity index (χ0n) is 13.3. The Morgan fingerprint density at radius 1 is 1.20 bits per heavy atom. The minimum atomic E-state index is -0.451. The Hall–Kier alpha value is -2.31. The van der Waals surface area contributed by atoms with Crippen LogP contribution in [0.3, 0.4) is 0 Å². The van der Waals surface area contributed by atoms with E-state index < -0.39 is 6.03 Å². The van der Waals surface area contributed by atoms with Gasteiger partial charge >= 0.3 is 6.03 Å². The first-order chi connectivity index (χ1) is 12.0. The van der Waals surface area contributed by atoms with Crippen molar-refractivity contribution in [1.29, 1.82) is 0 Å². The Morgan fingerprint density at radius 3 is 2.60 bits per heavy atom. The maximum Gasteiger partial charge on any atom is 0.329 e. The molecule has 3 amide bonds. The fourth-order valence-corrected chi connectivity index (χ4v) is 3.06. The lowest BCUT2D eigenvalue weighted by molar-refractivity contribution is -0.123. The number of hydrogen-bond acceptors (Lipinski definition) is 3. The SMILES string of the molecule is COc1cc(Br)cc(/C=C2\NC(=O)N(Cc3ccc(Cl)cc3)C2=O)c1. The van der Waals surface area contributed by atoms with E-state index in [-0.39, 0.29) is 18.1 Å². The van der Waals surface area contributed by atoms with Crippen LogP contribution in [0.4, 0.5) is 4.79 Å². The fraction of sp³-hybridized carbons (Fsp3) is 0.111. The second-order valence-electron chi connectivity index (χ2n) is 5.43. The van der Waals surface area contributed by atoms with Gasteiger partial charge in [-0.25, -0.2) is 4.79 Å². The molecule has 2 aromatic rings. The Kier molecular flexibility index (Phi) is 5.11. The molecule has 1 saturated heterocycles. The van der Waals surface area contributed by atoms with E-state index in [0.717, 1.165) is 20.5 Å². The van der Waals surface area contributed by atoms with Gasteiger partial charge in [0.2, 0.25) is 0 Å². The Bertz CT molecular complexity index is 865. The lowest BCUT2D eigenvalue weighted by atomic mass is 10.1. The van der Waals surface area contributed by atoms with Crippen molar-refractivity contribution in [2.24, 2.45) is 0 Å². The monoisotopic (exact) mass is 420 g/mol. The number of carbonyl (C=O) groups is 2. The van der Waals surface area contributed by atoms with Gasteiger partial charge in [-0.05, 0) is 47.5 Å². The highest BCUT2D eigenvalue weighted by Gasteiger charge is 2.33. The first kappa shape index (κ1) is 17.5. The van der Waals surface area contributed by atoms with Crippen molar-refractivity contribution in [3.05, 3.63) is 68.8 Å². The summed E-state index contributed by atoms with van der Waals surface area (Å²) in [6.07, 6.45) is 1.62. The maximum atomic E-state index is 12.5. The molecular formula is C18H14BrClN2O3. The van der Waals surface area contributed by atoms with Gasteiger partial charge in [0.1, 0.15) is 11.4 Å². The van der Waals surface area contributed by atoms with E-state index in [1.54, 1.807) is 43.5 Å². The number of benzene rings is 2. The number of amides is 3. The molecule has 0 spiro atoms. The molecule has 3 rings (SSSR count). The smallest absolute Gasteiger partial charge is 0.329 e. The normalized spacial score (nSPS) is 15.6. The van der Waals surface area contributed by atoms with Crippen LogP contribution in [0.5, 0.6) is 5.75 Å². The molecule has 1 aliphatic rings. The molecule has 128 valence electrons. The summed E-state index contributed by atoms with van der Waals surface area (Å²) in [4.78, 5) is 25.8. The quantitative estimate of drug-likeness (QED) is 0.594. The highest BCUT2D eigenvalue weighted by atomic mass is 79.9. The average molecular weight is 422 g/mol. The molecule has 5 nitrogen and oxygen atoms in total. The number of rotatable bonds is 4. The summed E-state index contributed by atoms with van der Waals surface area (Å²) in [5.41, 5.74) is 1.78. The van der Waals surface area contributed by atoms with Crippen LogP contribution in [0.2, 0.25) is 5.02 Å². The van der Waals surface area contributed by atoms with E-state index in [4.69, 9.17) is 16.3 Å². The van der Waals surface area contributed by atoms with Crippen molar-refractivity contribution >= 4 is 45.5 Å². The summed E-state index contributed by atoms with van der Waals surface area (Å²) in [7, 11) is 1.56. The summed E-state index contributed by atoms with van der Waals surface area (Å²) in [6, 6.07) is 12.0. The Labute approximate surface area is 158 Å². The first-order valence-electron chi connectivity index (χ1n) is 7.40. The molecule has 0 aliphatic carbocycles. The van der Waals surface area contributed by atoms with Gasteiger partial charge in [0, 0.05) is 9.50 Å². The number of imide groups is 1. The largest absolute Gasteiger partial charge is 0.497 e. The molecular weight excluding hydrogens is 408 g/mol. The third-order valence-electron chi connectivity index (χ3n) is 3.66. The van der Waals surface area contributed by atoms with Crippen molar-refractivity contribution in [3.63, 3.8) is 0 Å². The van der Waals surface area contributed by atoms with Crippen LogP contribution < -0.4 is 10.1 Å². The number of halogens is 2. The van der Waals surface area contributed by atoms with Gasteiger partial charge in [0.15, 0.2) is 0 Å². The van der Waals surface area contributed by atoms with Crippen LogP contribution >= 0.6 is 27.5 Å². The molecule has 25 heavy (non-hydrogen) atoms. The van der Waals surface area contributed by atoms with Gasteiger partial charge in [-0.15, -0.1) is 0 Å². The summed E-state index contributed by atoms with van der Waals surface area (Å²) in [5, 5.41) is 3.21. The summed E-state index contributed by atoms with van der Waals surface area (Å²) in [6.45, 7) is 0.182. The Balaban J connectivity index is 1.83. The third kappa shape index (κ3) is 4.03. The molecule has 0 unspecified atom stereocenters. The molecule has 0 radical (unpaired) electrons. The van der Waals surface area contributed by atoms with Crippen molar-refractivity contribution in [2.45, 2.75) is 6.54 Å². The van der Waals surface area contributed by atoms with Crippen LogP contribution in [0.25, 0.3) is 6.08 Å². The van der Waals surface area contributed by atoms with E-state index in [9.17, 15) is 9.59 Å². The highest BCUT2D eigenvalue weighted by molar-refractivity contribution is 9.10. The van der Waals surface area contributed by atoms with Crippen LogP contribution in [0, 0.1) is 0 Å². The Morgan fingerprint density at radius 2 is 1.92 bits per heavy atom. The van der Waals surface area contributed by atoms with E-state index >= 15 is 0 Å². The number of hydrogen-bond donors (Lipinski definition) is 1. The fourth-order valence-electron chi connectivity index (χ4n) is 2.44. The molecule has 0 saturated carbocycles. The molecule has 7 heteroatoms. The molecule has 1 aliphatic heterocycles. The predicted molar refractivity (Wildman–Crippen MR) is 99.2 cm³/mol. The summed E-state index contributed by atoms with van der Waals surface area (Å²) >= 11 is 9.24. The minimum Gasteiger partial charge on any atom is -0.497 e. The standard InChI is InChI=1S/C18H14BrClN2O3/c1-25-15-7-12(6-13(19)9-15)8-16-17(23)22(18(24)21-16)10-11-2-4-14(20)5-3-11/h2-9H,10H2,1H3,(H,21,24)/b16-8-. The predicted octanol–water partition coefficient (Wildman–Crippen LogP) is 4.20. The van der Waals surface area contributed by atoms with Gasteiger partial charge in [0.25, 0.3) is 5.91 Å². The number of nitrogens with one attached hydrogen (secondary N) is 1. The maximum absolute atomic E-state index is 12.5. The van der Waals surface area contributed by atoms with E-state index in [1.165, 1.54) is 0 Å². The van der Waals surface area contributed by atoms with Gasteiger partial charge in [-0.2, -0.15) is 0 Å². The summed E-state index contributed by atoms with van der Waals surface area (Å²) < 4.78 is 6.02. The number of urea groups is 1. The van der Waals surface area contributed by atoms with Crippen LogP contribution in [0.15, 0.2) is 52.6 Å². The van der Waals surface area contributed by atoms with Gasteiger partial charge in [-0.1, -0.05) is 39.7 Å². The van der Waals surface area contributed by atoms with Crippen molar-refractivity contribution in [2.75, 3.05) is 7.11 Å². The van der Waals surface area contributed by atoms with Crippen LogP contribution in [-0.4, -0.2) is 23.9 Å². The first-order valence-corrected chi connectivity index (χ1v) is 8.57. The van der Waals surface area contributed by atoms with Crippen molar-refractivity contribution < 1.29 is 14.3 Å². The zero-order valence-corrected chi connectivity index (χ0v) is 15.6. The molecule has 0 atom stereocenters. The van der Waals surface area contributed by atoms with Crippen LogP contribution in [-0.2, 0) is 11.3 Å². The van der Waals surface area contributed by atoms with Gasteiger partial charge in [0.05, 0.1) is 13.7 Å². The highest BCUT2D eigenvalue weighted by Crippen LogP contribution is 2.24. The zero-order chi connectivity index (χ0) is 18.0. The van der Waals surface area contributed by atoms with E-state index in [1.807, 2.05) is 12.1 Å². The van der Waals surface area contributed by atoms with E-state index in [2.05, 4.69) is 21.2 Å². The van der Waals surface area contributed by atoms with Gasteiger partial charge < -0.3 is 10.1 Å². The molecule has 0 bridgehead atoms.